The van der Waals surface area contributed by atoms with Crippen molar-refractivity contribution >= 4 is 28.4 Å². The van der Waals surface area contributed by atoms with Gasteiger partial charge in [-0.2, -0.15) is 0 Å². The van der Waals surface area contributed by atoms with E-state index in [9.17, 15) is 4.79 Å². The molecule has 4 heteroatoms. The molecule has 0 aliphatic heterocycles. The van der Waals surface area contributed by atoms with Crippen molar-refractivity contribution < 1.29 is 9.53 Å². The van der Waals surface area contributed by atoms with E-state index in [2.05, 4.69) is 4.98 Å². The number of allylic oxidation sites excluding steroid dienone is 1. The van der Waals surface area contributed by atoms with Crippen molar-refractivity contribution in [2.75, 3.05) is 12.8 Å². The summed E-state index contributed by atoms with van der Waals surface area (Å²) in [6, 6.07) is 15.0. The predicted molar refractivity (Wildman–Crippen MR) is 97.3 cm³/mol. The zero-order valence-electron chi connectivity index (χ0n) is 13.6. The van der Waals surface area contributed by atoms with Crippen LogP contribution in [0.25, 0.3) is 17.0 Å². The molecule has 2 N–H and O–H groups in total. The van der Waals surface area contributed by atoms with Crippen LogP contribution in [0, 0.1) is 6.92 Å². The average molecular weight is 318 g/mol. The molecule has 24 heavy (non-hydrogen) atoms. The highest BCUT2D eigenvalue weighted by atomic mass is 16.5. The zero-order valence-corrected chi connectivity index (χ0v) is 13.6. The second-order valence-corrected chi connectivity index (χ2v) is 5.47. The van der Waals surface area contributed by atoms with Crippen LogP contribution in [0.1, 0.15) is 21.6 Å². The molecular weight excluding hydrogens is 300 g/mol. The molecule has 0 radical (unpaired) electrons. The van der Waals surface area contributed by atoms with Crippen LogP contribution in [0.3, 0.4) is 0 Å². The average Bonchev–Trinajstić information content (AvgIpc) is 2.60. The monoisotopic (exact) mass is 318 g/mol. The lowest BCUT2D eigenvalue weighted by Crippen LogP contribution is -2.06. The number of nitrogen functional groups attached to an aromatic ring is 1. The lowest BCUT2D eigenvalue weighted by molar-refractivity contribution is 0.104. The number of benzene rings is 2. The first-order chi connectivity index (χ1) is 11.6. The highest BCUT2D eigenvalue weighted by Gasteiger charge is 2.14. The molecule has 0 unspecified atom stereocenters. The lowest BCUT2D eigenvalue weighted by atomic mass is 10.0. The molecule has 0 atom stereocenters. The van der Waals surface area contributed by atoms with E-state index < -0.39 is 0 Å². The number of ketones is 1. The van der Waals surface area contributed by atoms with Crippen LogP contribution in [-0.2, 0) is 0 Å². The molecule has 0 spiro atoms. The normalized spacial score (nSPS) is 11.1. The fourth-order valence-corrected chi connectivity index (χ4v) is 2.65. The van der Waals surface area contributed by atoms with Crippen LogP contribution in [-0.4, -0.2) is 17.9 Å². The van der Waals surface area contributed by atoms with Gasteiger partial charge in [0.1, 0.15) is 5.75 Å². The van der Waals surface area contributed by atoms with Crippen molar-refractivity contribution in [2.45, 2.75) is 6.92 Å². The van der Waals surface area contributed by atoms with Gasteiger partial charge in [-0.15, -0.1) is 0 Å². The van der Waals surface area contributed by atoms with Crippen molar-refractivity contribution in [3.63, 3.8) is 0 Å². The number of aryl methyl sites for hydroxylation is 1. The lowest BCUT2D eigenvalue weighted by Gasteiger charge is -2.09. The largest absolute Gasteiger partial charge is 0.497 e. The van der Waals surface area contributed by atoms with Gasteiger partial charge in [-0.25, -0.2) is 0 Å². The second kappa shape index (κ2) is 6.54. The highest BCUT2D eigenvalue weighted by molar-refractivity contribution is 6.14. The molecule has 3 rings (SSSR count). The number of pyridine rings is 1. The van der Waals surface area contributed by atoms with Crippen molar-refractivity contribution in [1.29, 1.82) is 0 Å². The number of fused-ring (bicyclic) bond motifs is 1. The third kappa shape index (κ3) is 2.99. The molecular formula is C20H18N2O2. The summed E-state index contributed by atoms with van der Waals surface area (Å²) in [5.74, 6) is 0.622. The van der Waals surface area contributed by atoms with Crippen molar-refractivity contribution in [1.82, 2.24) is 4.98 Å². The molecule has 0 aliphatic carbocycles. The molecule has 0 saturated carbocycles. The molecule has 4 nitrogen and oxygen atoms in total. The summed E-state index contributed by atoms with van der Waals surface area (Å²) in [6.45, 7) is 1.80. The number of hydrogen-bond acceptors (Lipinski definition) is 4. The standard InChI is InChI=1S/C20H18N2O2/c1-13-19(20(21)16-5-3-4-6-17(16)22-13)18(23)12-9-14-7-10-15(24-2)11-8-14/h3-12H,1-2H3,(H2,21,22). The van der Waals surface area contributed by atoms with Gasteiger partial charge in [0, 0.05) is 5.39 Å². The number of rotatable bonds is 4. The Labute approximate surface area is 140 Å². The smallest absolute Gasteiger partial charge is 0.189 e. The molecule has 0 bridgehead atoms. The van der Waals surface area contributed by atoms with E-state index in [1.165, 1.54) is 6.08 Å². The van der Waals surface area contributed by atoms with E-state index in [4.69, 9.17) is 10.5 Å². The Kier molecular flexibility index (Phi) is 4.29. The van der Waals surface area contributed by atoms with Gasteiger partial charge < -0.3 is 10.5 Å². The number of aromatic nitrogens is 1. The van der Waals surface area contributed by atoms with Gasteiger partial charge >= 0.3 is 0 Å². The summed E-state index contributed by atoms with van der Waals surface area (Å²) in [5, 5.41) is 0.796. The Morgan fingerprint density at radius 1 is 1.12 bits per heavy atom. The van der Waals surface area contributed by atoms with Crippen molar-refractivity contribution in [2.24, 2.45) is 0 Å². The number of nitrogens with two attached hydrogens (primary N) is 1. The third-order valence-corrected chi connectivity index (χ3v) is 3.90. The Morgan fingerprint density at radius 3 is 2.54 bits per heavy atom. The zero-order chi connectivity index (χ0) is 17.1. The maximum atomic E-state index is 12.6. The number of hydrogen-bond donors (Lipinski definition) is 1. The first-order valence-corrected chi connectivity index (χ1v) is 7.61. The summed E-state index contributed by atoms with van der Waals surface area (Å²) in [7, 11) is 1.62. The fraction of sp³-hybridized carbons (Fsp3) is 0.100. The van der Waals surface area contributed by atoms with E-state index in [1.807, 2.05) is 48.5 Å². The number of carbonyl (C=O) groups is 1. The maximum Gasteiger partial charge on any atom is 0.189 e. The van der Waals surface area contributed by atoms with Crippen LogP contribution >= 0.6 is 0 Å². The summed E-state index contributed by atoms with van der Waals surface area (Å²) in [6.07, 6.45) is 3.28. The van der Waals surface area contributed by atoms with E-state index >= 15 is 0 Å². The number of ether oxygens (including phenoxy) is 1. The van der Waals surface area contributed by atoms with Gasteiger partial charge in [-0.05, 0) is 36.8 Å². The molecule has 2 aromatic carbocycles. The van der Waals surface area contributed by atoms with E-state index in [1.54, 1.807) is 20.1 Å². The predicted octanol–water partition coefficient (Wildman–Crippen LogP) is 4.03. The first kappa shape index (κ1) is 15.7. The molecule has 0 aliphatic rings. The molecule has 0 amide bonds. The molecule has 120 valence electrons. The number of anilines is 1. The minimum atomic E-state index is -0.154. The van der Waals surface area contributed by atoms with Crippen LogP contribution in [0.4, 0.5) is 5.69 Å². The van der Waals surface area contributed by atoms with Crippen LogP contribution in [0.15, 0.2) is 54.6 Å². The Morgan fingerprint density at radius 2 is 1.83 bits per heavy atom. The quantitative estimate of drug-likeness (QED) is 0.582. The maximum absolute atomic E-state index is 12.6. The fourth-order valence-electron chi connectivity index (χ4n) is 2.65. The van der Waals surface area contributed by atoms with Crippen molar-refractivity contribution in [3.05, 3.63) is 71.4 Å². The highest BCUT2D eigenvalue weighted by Crippen LogP contribution is 2.26. The number of carbonyl (C=O) groups excluding carboxylic acids is 1. The minimum Gasteiger partial charge on any atom is -0.497 e. The van der Waals surface area contributed by atoms with E-state index in [0.717, 1.165) is 22.2 Å². The number of nitrogens with zero attached hydrogens (tertiary/aromatic N) is 1. The van der Waals surface area contributed by atoms with Crippen LogP contribution < -0.4 is 10.5 Å². The SMILES string of the molecule is COc1ccc(C=CC(=O)c2c(C)nc3ccccc3c2N)cc1. The number of para-hydroxylation sites is 1. The van der Waals surface area contributed by atoms with Gasteiger partial charge in [0.15, 0.2) is 5.78 Å². The first-order valence-electron chi connectivity index (χ1n) is 7.61. The summed E-state index contributed by atoms with van der Waals surface area (Å²) in [4.78, 5) is 17.1. The molecule has 0 fully saturated rings. The molecule has 1 aromatic heterocycles. The molecule has 3 aromatic rings. The minimum absolute atomic E-state index is 0.154. The van der Waals surface area contributed by atoms with E-state index in [0.29, 0.717) is 16.9 Å². The molecule has 1 heterocycles. The second-order valence-electron chi connectivity index (χ2n) is 5.47. The van der Waals surface area contributed by atoms with Gasteiger partial charge in [0.2, 0.25) is 0 Å². The van der Waals surface area contributed by atoms with Gasteiger partial charge in [0.25, 0.3) is 0 Å². The number of methoxy groups -OCH3 is 1. The van der Waals surface area contributed by atoms with Gasteiger partial charge in [-0.1, -0.05) is 36.4 Å². The van der Waals surface area contributed by atoms with Crippen molar-refractivity contribution in [3.8, 4) is 5.75 Å². The Bertz CT molecular complexity index is 928. The van der Waals surface area contributed by atoms with Gasteiger partial charge in [-0.3, -0.25) is 9.78 Å². The third-order valence-electron chi connectivity index (χ3n) is 3.90. The topological polar surface area (TPSA) is 65.2 Å². The van der Waals surface area contributed by atoms with E-state index in [-0.39, 0.29) is 5.78 Å². The summed E-state index contributed by atoms with van der Waals surface area (Å²) in [5.41, 5.74) is 9.49. The summed E-state index contributed by atoms with van der Waals surface area (Å²) >= 11 is 0. The van der Waals surface area contributed by atoms with Crippen LogP contribution in [0.5, 0.6) is 5.75 Å². The van der Waals surface area contributed by atoms with Gasteiger partial charge in [0.05, 0.1) is 29.6 Å². The Balaban J connectivity index is 1.94. The van der Waals surface area contributed by atoms with Crippen LogP contribution in [0.2, 0.25) is 0 Å². The Hall–Kier alpha value is -3.14. The molecule has 0 saturated heterocycles. The summed E-state index contributed by atoms with van der Waals surface area (Å²) < 4.78 is 5.12.